The van der Waals surface area contributed by atoms with Gasteiger partial charge in [-0.3, -0.25) is 14.4 Å². The molecule has 3 aromatic carbocycles. The molecule has 9 nitrogen and oxygen atoms in total. The zero-order chi connectivity index (χ0) is 28.3. The Morgan fingerprint density at radius 3 is 2.39 bits per heavy atom. The lowest BCUT2D eigenvalue weighted by Crippen LogP contribution is -2.33. The molecule has 3 heterocycles. The monoisotopic (exact) mass is 551 g/mol. The van der Waals surface area contributed by atoms with Gasteiger partial charge in [0.15, 0.2) is 0 Å². The van der Waals surface area contributed by atoms with Crippen LogP contribution >= 0.6 is 0 Å². The molecule has 2 saturated heterocycles. The van der Waals surface area contributed by atoms with Crippen molar-refractivity contribution in [3.63, 3.8) is 0 Å². The minimum atomic E-state index is -0.234. The smallest absolute Gasteiger partial charge is 0.258 e. The van der Waals surface area contributed by atoms with Gasteiger partial charge in [-0.1, -0.05) is 36.4 Å². The number of anilines is 1. The van der Waals surface area contributed by atoms with Crippen LogP contribution in [0.25, 0.3) is 10.9 Å². The van der Waals surface area contributed by atoms with Gasteiger partial charge in [-0.15, -0.1) is 0 Å². The first-order valence-electron chi connectivity index (χ1n) is 14.0. The summed E-state index contributed by atoms with van der Waals surface area (Å²) < 4.78 is 6.01. The predicted molar refractivity (Wildman–Crippen MR) is 157 cm³/mol. The van der Waals surface area contributed by atoms with Crippen LogP contribution < -0.4 is 20.5 Å². The van der Waals surface area contributed by atoms with Crippen molar-refractivity contribution in [1.82, 2.24) is 20.2 Å². The fourth-order valence-electron chi connectivity index (χ4n) is 5.91. The molecule has 0 saturated carbocycles. The third kappa shape index (κ3) is 5.66. The standard InChI is InChI=1S/C32H33N5O4/c1-33-31(39)22-10-12-25(13-11-22)36-16-23-18-37(19-24(23)17-36)29(38)15-14-28-34-30-26(32(40)35-28)8-5-9-27(30)41-20-21-6-3-2-4-7-21/h2-13,23-24H,14-20H2,1H3,(H,33,39)(H,34,35,40)/t23-,24+. The van der Waals surface area contributed by atoms with E-state index in [1.807, 2.05) is 65.6 Å². The van der Waals surface area contributed by atoms with Crippen LogP contribution in [0.4, 0.5) is 5.69 Å². The van der Waals surface area contributed by atoms with Crippen molar-refractivity contribution in [1.29, 1.82) is 0 Å². The number of H-pyrrole nitrogens is 1. The Balaban J connectivity index is 1.06. The van der Waals surface area contributed by atoms with Gasteiger partial charge in [0.05, 0.1) is 5.39 Å². The highest BCUT2D eigenvalue weighted by molar-refractivity contribution is 5.94. The van der Waals surface area contributed by atoms with E-state index in [1.165, 1.54) is 0 Å². The number of carbonyl (C=O) groups is 2. The van der Waals surface area contributed by atoms with Crippen molar-refractivity contribution in [2.45, 2.75) is 19.4 Å². The number of benzene rings is 3. The van der Waals surface area contributed by atoms with Crippen molar-refractivity contribution in [3.05, 3.63) is 100 Å². The molecule has 2 atom stereocenters. The Labute approximate surface area is 238 Å². The van der Waals surface area contributed by atoms with Crippen LogP contribution in [0.5, 0.6) is 5.75 Å². The van der Waals surface area contributed by atoms with E-state index < -0.39 is 0 Å². The first-order chi connectivity index (χ1) is 20.0. The number of aromatic nitrogens is 2. The number of likely N-dealkylation sites (tertiary alicyclic amines) is 1. The SMILES string of the molecule is CNC(=O)c1ccc(N2C[C@H]3CN(C(=O)CCc4nc5c(OCc6ccccc6)cccc5c(=O)[nH]4)C[C@H]3C2)cc1. The van der Waals surface area contributed by atoms with E-state index in [-0.39, 0.29) is 23.8 Å². The molecule has 9 heteroatoms. The average Bonchev–Trinajstić information content (AvgIpc) is 3.59. The van der Waals surface area contributed by atoms with Gasteiger partial charge in [0, 0.05) is 69.2 Å². The lowest BCUT2D eigenvalue weighted by molar-refractivity contribution is -0.130. The van der Waals surface area contributed by atoms with Crippen LogP contribution in [0.2, 0.25) is 0 Å². The molecule has 0 spiro atoms. The maximum absolute atomic E-state index is 13.1. The number of rotatable bonds is 8. The van der Waals surface area contributed by atoms with Crippen LogP contribution in [0, 0.1) is 11.8 Å². The van der Waals surface area contributed by atoms with Gasteiger partial charge >= 0.3 is 0 Å². The van der Waals surface area contributed by atoms with Gasteiger partial charge in [0.25, 0.3) is 11.5 Å². The van der Waals surface area contributed by atoms with Gasteiger partial charge in [0.2, 0.25) is 5.91 Å². The van der Waals surface area contributed by atoms with Gasteiger partial charge < -0.3 is 24.8 Å². The van der Waals surface area contributed by atoms with E-state index in [9.17, 15) is 14.4 Å². The summed E-state index contributed by atoms with van der Waals surface area (Å²) in [5.74, 6) is 1.85. The summed E-state index contributed by atoms with van der Waals surface area (Å²) in [7, 11) is 1.63. The predicted octanol–water partition coefficient (Wildman–Crippen LogP) is 3.39. The maximum atomic E-state index is 13.1. The molecule has 0 aliphatic carbocycles. The third-order valence-electron chi connectivity index (χ3n) is 8.12. The van der Waals surface area contributed by atoms with Crippen molar-refractivity contribution in [3.8, 4) is 5.75 Å². The van der Waals surface area contributed by atoms with Gasteiger partial charge in [0.1, 0.15) is 23.7 Å². The number of ether oxygens (including phenoxy) is 1. The first kappa shape index (κ1) is 26.6. The van der Waals surface area contributed by atoms with E-state index in [2.05, 4.69) is 20.2 Å². The fraction of sp³-hybridized carbons (Fsp3) is 0.312. The molecule has 6 rings (SSSR count). The molecule has 2 fully saturated rings. The van der Waals surface area contributed by atoms with E-state index in [0.29, 0.717) is 52.9 Å². The number of amides is 2. The summed E-state index contributed by atoms with van der Waals surface area (Å²) in [6.07, 6.45) is 0.637. The van der Waals surface area contributed by atoms with E-state index in [4.69, 9.17) is 4.74 Å². The molecule has 2 N–H and O–H groups in total. The highest BCUT2D eigenvalue weighted by Crippen LogP contribution is 2.34. The van der Waals surface area contributed by atoms with E-state index in [1.54, 1.807) is 19.2 Å². The number of aryl methyl sites for hydroxylation is 1. The molecule has 4 aromatic rings. The Morgan fingerprint density at radius 2 is 1.68 bits per heavy atom. The number of nitrogens with one attached hydrogen (secondary N) is 2. The second kappa shape index (κ2) is 11.4. The second-order valence-electron chi connectivity index (χ2n) is 10.8. The van der Waals surface area contributed by atoms with Crippen molar-refractivity contribution < 1.29 is 14.3 Å². The zero-order valence-corrected chi connectivity index (χ0v) is 23.0. The normalized spacial score (nSPS) is 18.0. The average molecular weight is 552 g/mol. The van der Waals surface area contributed by atoms with Crippen LogP contribution in [0.1, 0.15) is 28.2 Å². The largest absolute Gasteiger partial charge is 0.487 e. The number of nitrogens with zero attached hydrogens (tertiary/aromatic N) is 3. The number of hydrogen-bond donors (Lipinski definition) is 2. The zero-order valence-electron chi connectivity index (χ0n) is 23.0. The summed E-state index contributed by atoms with van der Waals surface area (Å²) in [4.78, 5) is 49.6. The van der Waals surface area contributed by atoms with Crippen LogP contribution in [-0.2, 0) is 17.8 Å². The van der Waals surface area contributed by atoms with Crippen LogP contribution in [0.3, 0.4) is 0 Å². The van der Waals surface area contributed by atoms with Crippen molar-refractivity contribution >= 4 is 28.4 Å². The Kier molecular flexibility index (Phi) is 7.41. The molecule has 0 unspecified atom stereocenters. The quantitative estimate of drug-likeness (QED) is 0.348. The Hall–Kier alpha value is -4.66. The topological polar surface area (TPSA) is 108 Å². The lowest BCUT2D eigenvalue weighted by Gasteiger charge is -2.23. The number of carbonyl (C=O) groups excluding carboxylic acids is 2. The van der Waals surface area contributed by atoms with E-state index in [0.717, 1.165) is 37.4 Å². The Bertz CT molecular complexity index is 1610. The van der Waals surface area contributed by atoms with Gasteiger partial charge in [-0.25, -0.2) is 4.98 Å². The van der Waals surface area contributed by atoms with Gasteiger partial charge in [-0.05, 0) is 42.0 Å². The second-order valence-corrected chi connectivity index (χ2v) is 10.8. The Morgan fingerprint density at radius 1 is 0.951 bits per heavy atom. The highest BCUT2D eigenvalue weighted by Gasteiger charge is 2.41. The number of para-hydroxylation sites is 1. The molecule has 0 bridgehead atoms. The fourth-order valence-corrected chi connectivity index (χ4v) is 5.91. The molecule has 2 amide bonds. The third-order valence-corrected chi connectivity index (χ3v) is 8.12. The summed E-state index contributed by atoms with van der Waals surface area (Å²) in [6.45, 7) is 3.61. The minimum Gasteiger partial charge on any atom is -0.487 e. The molecule has 2 aliphatic heterocycles. The highest BCUT2D eigenvalue weighted by atomic mass is 16.5. The molecule has 0 radical (unpaired) electrons. The summed E-state index contributed by atoms with van der Waals surface area (Å²) in [6, 6.07) is 22.8. The molecule has 41 heavy (non-hydrogen) atoms. The van der Waals surface area contributed by atoms with Gasteiger partial charge in [-0.2, -0.15) is 0 Å². The molecular weight excluding hydrogens is 518 g/mol. The maximum Gasteiger partial charge on any atom is 0.258 e. The molecule has 2 aliphatic rings. The van der Waals surface area contributed by atoms with Crippen LogP contribution in [0.15, 0.2) is 77.6 Å². The molecule has 210 valence electrons. The lowest BCUT2D eigenvalue weighted by atomic mass is 10.0. The van der Waals surface area contributed by atoms with E-state index >= 15 is 0 Å². The summed E-state index contributed by atoms with van der Waals surface area (Å²) in [5, 5.41) is 3.11. The number of hydrogen-bond acceptors (Lipinski definition) is 6. The molecular formula is C32H33N5O4. The number of aromatic amines is 1. The van der Waals surface area contributed by atoms with Crippen LogP contribution in [-0.4, -0.2) is 59.9 Å². The first-order valence-corrected chi connectivity index (χ1v) is 14.0. The summed E-state index contributed by atoms with van der Waals surface area (Å²) in [5.41, 5.74) is 3.04. The molecule has 1 aromatic heterocycles. The van der Waals surface area contributed by atoms with Crippen molar-refractivity contribution in [2.24, 2.45) is 11.8 Å². The van der Waals surface area contributed by atoms with Crippen molar-refractivity contribution in [2.75, 3.05) is 38.1 Å². The summed E-state index contributed by atoms with van der Waals surface area (Å²) >= 11 is 0. The number of fused-ring (bicyclic) bond motifs is 2. The minimum absolute atomic E-state index is 0.0808.